The number of rotatable bonds is 10. The lowest BCUT2D eigenvalue weighted by atomic mass is 10.0. The van der Waals surface area contributed by atoms with Crippen molar-refractivity contribution in [3.63, 3.8) is 0 Å². The van der Waals surface area contributed by atoms with Crippen molar-refractivity contribution in [2.45, 2.75) is 39.5 Å². The maximum absolute atomic E-state index is 9.17. The van der Waals surface area contributed by atoms with Crippen LogP contribution in [0.1, 0.15) is 38.8 Å². The van der Waals surface area contributed by atoms with Gasteiger partial charge >= 0.3 is 0 Å². The van der Waals surface area contributed by atoms with Crippen LogP contribution in [-0.4, -0.2) is 46.7 Å². The molecule has 146 valence electrons. The first-order valence-electron chi connectivity index (χ1n) is 9.32. The third-order valence-corrected chi connectivity index (χ3v) is 4.17. The average Bonchev–Trinajstić information content (AvgIpc) is 3.02. The highest BCUT2D eigenvalue weighted by atomic mass is 127. The van der Waals surface area contributed by atoms with Crippen LogP contribution >= 0.6 is 24.0 Å². The molecule has 26 heavy (non-hydrogen) atoms. The van der Waals surface area contributed by atoms with Gasteiger partial charge in [0.2, 0.25) is 0 Å². The second kappa shape index (κ2) is 12.9. The quantitative estimate of drug-likeness (QED) is 0.282. The molecule has 6 nitrogen and oxygen atoms in total. The van der Waals surface area contributed by atoms with Crippen LogP contribution in [0.15, 0.2) is 35.6 Å². The van der Waals surface area contributed by atoms with E-state index in [9.17, 15) is 5.11 Å². The van der Waals surface area contributed by atoms with Crippen LogP contribution in [0.5, 0.6) is 0 Å². The third kappa shape index (κ3) is 7.49. The summed E-state index contributed by atoms with van der Waals surface area (Å²) in [6, 6.07) is 6.02. The van der Waals surface area contributed by atoms with Crippen LogP contribution in [0.3, 0.4) is 0 Å². The smallest absolute Gasteiger partial charge is 0.191 e. The van der Waals surface area contributed by atoms with Crippen molar-refractivity contribution in [2.75, 3.05) is 26.2 Å². The largest absolute Gasteiger partial charge is 0.396 e. The minimum absolute atomic E-state index is 0. The SMILES string of the molecule is CCCC(CCO)CN=C(NCC)NCCc1cn2ccccc2n1.I. The normalized spacial score (nSPS) is 12.7. The highest BCUT2D eigenvalue weighted by molar-refractivity contribution is 14.0. The molecule has 0 saturated heterocycles. The minimum Gasteiger partial charge on any atom is -0.396 e. The minimum atomic E-state index is 0. The number of hydrogen-bond donors (Lipinski definition) is 3. The lowest BCUT2D eigenvalue weighted by Gasteiger charge is -2.15. The fourth-order valence-corrected chi connectivity index (χ4v) is 2.90. The Balaban J connectivity index is 0.00000338. The van der Waals surface area contributed by atoms with Gasteiger partial charge in [-0.25, -0.2) is 4.98 Å². The molecular weight excluding hydrogens is 441 g/mol. The molecule has 0 bridgehead atoms. The Kier molecular flexibility index (Phi) is 11.3. The number of aliphatic hydroxyl groups excluding tert-OH is 1. The van der Waals surface area contributed by atoms with E-state index < -0.39 is 0 Å². The van der Waals surface area contributed by atoms with E-state index in [4.69, 9.17) is 0 Å². The summed E-state index contributed by atoms with van der Waals surface area (Å²) < 4.78 is 2.04. The van der Waals surface area contributed by atoms with E-state index in [1.807, 2.05) is 28.8 Å². The van der Waals surface area contributed by atoms with Gasteiger partial charge in [0, 0.05) is 45.1 Å². The molecule has 0 aliphatic rings. The molecule has 0 amide bonds. The Morgan fingerprint density at radius 3 is 2.81 bits per heavy atom. The Morgan fingerprint density at radius 2 is 2.12 bits per heavy atom. The number of aliphatic imine (C=N–C) groups is 1. The molecule has 0 fully saturated rings. The number of imidazole rings is 1. The van der Waals surface area contributed by atoms with Crippen LogP contribution in [-0.2, 0) is 6.42 Å². The predicted molar refractivity (Wildman–Crippen MR) is 118 cm³/mol. The molecule has 0 aliphatic carbocycles. The second-order valence-corrected chi connectivity index (χ2v) is 6.26. The zero-order valence-electron chi connectivity index (χ0n) is 15.8. The molecule has 1 atom stereocenters. The molecule has 0 radical (unpaired) electrons. The highest BCUT2D eigenvalue weighted by Gasteiger charge is 2.07. The molecular formula is C19H32IN5O. The fourth-order valence-electron chi connectivity index (χ4n) is 2.90. The van der Waals surface area contributed by atoms with Crippen LogP contribution in [0.2, 0.25) is 0 Å². The zero-order chi connectivity index (χ0) is 17.9. The molecule has 2 aromatic rings. The summed E-state index contributed by atoms with van der Waals surface area (Å²) in [4.78, 5) is 9.30. The number of nitrogens with one attached hydrogen (secondary N) is 2. The summed E-state index contributed by atoms with van der Waals surface area (Å²) in [6.45, 7) is 6.84. The number of pyridine rings is 1. The number of halogens is 1. The van der Waals surface area contributed by atoms with E-state index in [0.29, 0.717) is 5.92 Å². The molecule has 2 aromatic heterocycles. The topological polar surface area (TPSA) is 74.0 Å². The fraction of sp³-hybridized carbons (Fsp3) is 0.579. The molecule has 3 N–H and O–H groups in total. The first kappa shape index (κ1) is 22.7. The molecule has 2 heterocycles. The van der Waals surface area contributed by atoms with Crippen molar-refractivity contribution >= 4 is 35.6 Å². The molecule has 7 heteroatoms. The number of guanidine groups is 1. The van der Waals surface area contributed by atoms with Crippen molar-refractivity contribution < 1.29 is 5.11 Å². The van der Waals surface area contributed by atoms with Gasteiger partial charge < -0.3 is 20.1 Å². The summed E-state index contributed by atoms with van der Waals surface area (Å²) in [5, 5.41) is 15.8. The number of hydrogen-bond acceptors (Lipinski definition) is 3. The predicted octanol–water partition coefficient (Wildman–Crippen LogP) is 2.85. The van der Waals surface area contributed by atoms with Crippen molar-refractivity contribution in [3.8, 4) is 0 Å². The third-order valence-electron chi connectivity index (χ3n) is 4.17. The Bertz CT molecular complexity index is 619. The Labute approximate surface area is 173 Å². The number of nitrogens with zero attached hydrogens (tertiary/aromatic N) is 3. The molecule has 0 spiro atoms. The summed E-state index contributed by atoms with van der Waals surface area (Å²) in [7, 11) is 0. The van der Waals surface area contributed by atoms with Gasteiger partial charge in [-0.2, -0.15) is 0 Å². The number of aliphatic hydroxyl groups is 1. The van der Waals surface area contributed by atoms with Crippen molar-refractivity contribution in [2.24, 2.45) is 10.9 Å². The van der Waals surface area contributed by atoms with Crippen molar-refractivity contribution in [1.82, 2.24) is 20.0 Å². The van der Waals surface area contributed by atoms with Gasteiger partial charge in [-0.1, -0.05) is 19.4 Å². The van der Waals surface area contributed by atoms with Gasteiger partial charge in [-0.15, -0.1) is 24.0 Å². The average molecular weight is 473 g/mol. The first-order chi connectivity index (χ1) is 12.3. The monoisotopic (exact) mass is 473 g/mol. The molecule has 0 aliphatic heterocycles. The van der Waals surface area contributed by atoms with Gasteiger partial charge in [0.25, 0.3) is 0 Å². The summed E-state index contributed by atoms with van der Waals surface area (Å²) in [6.07, 6.45) is 7.97. The lowest BCUT2D eigenvalue weighted by molar-refractivity contribution is 0.253. The van der Waals surface area contributed by atoms with Crippen LogP contribution < -0.4 is 10.6 Å². The number of fused-ring (bicyclic) bond motifs is 1. The van der Waals surface area contributed by atoms with E-state index in [-0.39, 0.29) is 30.6 Å². The van der Waals surface area contributed by atoms with E-state index >= 15 is 0 Å². The van der Waals surface area contributed by atoms with E-state index in [0.717, 1.165) is 62.6 Å². The number of aromatic nitrogens is 2. The standard InChI is InChI=1S/C19H31N5O.HI/c1-3-7-16(10-13-25)14-22-19(20-4-2)21-11-9-17-15-24-12-6-5-8-18(24)23-17;/h5-6,8,12,15-16,25H,3-4,7,9-11,13-14H2,1-2H3,(H2,20,21,22);1H. The van der Waals surface area contributed by atoms with Crippen LogP contribution in [0, 0.1) is 5.92 Å². The van der Waals surface area contributed by atoms with Crippen LogP contribution in [0.4, 0.5) is 0 Å². The van der Waals surface area contributed by atoms with Gasteiger partial charge in [0.05, 0.1) is 5.69 Å². The van der Waals surface area contributed by atoms with Gasteiger partial charge in [-0.3, -0.25) is 4.99 Å². The maximum atomic E-state index is 9.17. The molecule has 0 saturated carbocycles. The van der Waals surface area contributed by atoms with Crippen LogP contribution in [0.25, 0.3) is 5.65 Å². The van der Waals surface area contributed by atoms with Gasteiger partial charge in [-0.05, 0) is 37.8 Å². The van der Waals surface area contributed by atoms with E-state index in [2.05, 4.69) is 40.7 Å². The maximum Gasteiger partial charge on any atom is 0.191 e. The van der Waals surface area contributed by atoms with Crippen molar-refractivity contribution in [3.05, 3.63) is 36.3 Å². The summed E-state index contributed by atoms with van der Waals surface area (Å²) in [5.74, 6) is 1.29. The van der Waals surface area contributed by atoms with Gasteiger partial charge in [0.1, 0.15) is 5.65 Å². The lowest BCUT2D eigenvalue weighted by Crippen LogP contribution is -2.38. The zero-order valence-corrected chi connectivity index (χ0v) is 18.1. The molecule has 0 aromatic carbocycles. The molecule has 2 rings (SSSR count). The summed E-state index contributed by atoms with van der Waals surface area (Å²) in [5.41, 5.74) is 2.04. The highest BCUT2D eigenvalue weighted by Crippen LogP contribution is 2.11. The van der Waals surface area contributed by atoms with Gasteiger partial charge in [0.15, 0.2) is 5.96 Å². The first-order valence-corrected chi connectivity index (χ1v) is 9.32. The Hall–Kier alpha value is -1.35. The molecule has 1 unspecified atom stereocenters. The van der Waals surface area contributed by atoms with Crippen molar-refractivity contribution in [1.29, 1.82) is 0 Å². The Morgan fingerprint density at radius 1 is 1.27 bits per heavy atom. The van der Waals surface area contributed by atoms with E-state index in [1.54, 1.807) is 0 Å². The second-order valence-electron chi connectivity index (χ2n) is 6.26. The summed E-state index contributed by atoms with van der Waals surface area (Å²) >= 11 is 0. The van der Waals surface area contributed by atoms with E-state index in [1.165, 1.54) is 0 Å².